The van der Waals surface area contributed by atoms with Gasteiger partial charge in [-0.15, -0.1) is 11.3 Å². The van der Waals surface area contributed by atoms with E-state index >= 15 is 0 Å². The zero-order chi connectivity index (χ0) is 18.8. The maximum absolute atomic E-state index is 13.0. The number of hydrogen-bond acceptors (Lipinski definition) is 4. The summed E-state index contributed by atoms with van der Waals surface area (Å²) in [5.41, 5.74) is 7.25. The number of piperidine rings is 1. The minimum Gasteiger partial charge on any atom is -0.351 e. The van der Waals surface area contributed by atoms with Gasteiger partial charge in [0.1, 0.15) is 0 Å². The number of carbonyl (C=O) groups excluding carboxylic acids is 2. The largest absolute Gasteiger partial charge is 0.351 e. The first-order chi connectivity index (χ1) is 13.1. The van der Waals surface area contributed by atoms with E-state index in [0.29, 0.717) is 17.8 Å². The number of rotatable bonds is 3. The summed E-state index contributed by atoms with van der Waals surface area (Å²) in [4.78, 5) is 30.6. The Morgan fingerprint density at radius 1 is 1.19 bits per heavy atom. The minimum atomic E-state index is -0.645. The van der Waals surface area contributed by atoms with Crippen LogP contribution in [-0.2, 0) is 0 Å². The molecule has 0 unspecified atom stereocenters. The van der Waals surface area contributed by atoms with Gasteiger partial charge in [-0.25, -0.2) is 9.78 Å². The molecular formula is C20H20N4O2S. The van der Waals surface area contributed by atoms with Crippen LogP contribution in [0.1, 0.15) is 34.1 Å². The topological polar surface area (TPSA) is 88.3 Å². The van der Waals surface area contributed by atoms with Crippen LogP contribution in [0, 0.1) is 0 Å². The molecule has 0 radical (unpaired) electrons. The van der Waals surface area contributed by atoms with E-state index in [9.17, 15) is 9.59 Å². The second-order valence-corrected chi connectivity index (χ2v) is 7.74. The van der Waals surface area contributed by atoms with Crippen molar-refractivity contribution in [1.29, 1.82) is 0 Å². The quantitative estimate of drug-likeness (QED) is 0.724. The number of nitrogens with two attached hydrogens (primary N) is 1. The average molecular weight is 380 g/mol. The highest BCUT2D eigenvalue weighted by Gasteiger charge is 2.27. The molecule has 3 N–H and O–H groups in total. The fraction of sp³-hybridized carbons (Fsp3) is 0.250. The summed E-state index contributed by atoms with van der Waals surface area (Å²) in [5.74, 6) is 0.223. The number of carbonyl (C=O) groups is 2. The summed E-state index contributed by atoms with van der Waals surface area (Å²) < 4.78 is 1.18. The van der Waals surface area contributed by atoms with Crippen LogP contribution in [0.2, 0.25) is 0 Å². The molecule has 138 valence electrons. The Kier molecular flexibility index (Phi) is 4.77. The number of hydrogen-bond donors (Lipinski definition) is 2. The highest BCUT2D eigenvalue weighted by Crippen LogP contribution is 2.33. The Hall–Kier alpha value is -2.93. The predicted octanol–water partition coefficient (Wildman–Crippen LogP) is 3.81. The van der Waals surface area contributed by atoms with Crippen molar-refractivity contribution in [3.05, 3.63) is 59.1 Å². The van der Waals surface area contributed by atoms with Gasteiger partial charge in [0, 0.05) is 30.3 Å². The molecule has 2 aromatic carbocycles. The molecule has 1 fully saturated rings. The van der Waals surface area contributed by atoms with Crippen LogP contribution in [0.5, 0.6) is 0 Å². The molecule has 0 bridgehead atoms. The summed E-state index contributed by atoms with van der Waals surface area (Å²) in [6.07, 6.45) is 1.98. The Morgan fingerprint density at radius 3 is 2.85 bits per heavy atom. The van der Waals surface area contributed by atoms with E-state index in [4.69, 9.17) is 10.7 Å². The molecule has 1 saturated heterocycles. The second kappa shape index (κ2) is 7.36. The fourth-order valence-electron chi connectivity index (χ4n) is 3.48. The normalized spacial score (nSPS) is 17.0. The zero-order valence-corrected chi connectivity index (χ0v) is 15.5. The van der Waals surface area contributed by atoms with Gasteiger partial charge in [-0.2, -0.15) is 0 Å². The second-order valence-electron chi connectivity index (χ2n) is 6.68. The number of amides is 3. The van der Waals surface area contributed by atoms with Crippen molar-refractivity contribution < 1.29 is 9.59 Å². The van der Waals surface area contributed by atoms with E-state index in [1.165, 1.54) is 4.70 Å². The summed E-state index contributed by atoms with van der Waals surface area (Å²) in [7, 11) is 0. The molecule has 1 aliphatic rings. The summed E-state index contributed by atoms with van der Waals surface area (Å²) in [6, 6.07) is 14.4. The molecule has 2 heterocycles. The first kappa shape index (κ1) is 17.5. The third-order valence-electron chi connectivity index (χ3n) is 4.75. The molecule has 7 heteroatoms. The third kappa shape index (κ3) is 3.78. The molecule has 0 saturated carbocycles. The molecule has 1 aromatic heterocycles. The molecule has 1 atom stereocenters. The van der Waals surface area contributed by atoms with Crippen LogP contribution < -0.4 is 11.1 Å². The van der Waals surface area contributed by atoms with Crippen LogP contribution in [-0.4, -0.2) is 34.9 Å². The van der Waals surface area contributed by atoms with Crippen molar-refractivity contribution in [3.8, 4) is 0 Å². The van der Waals surface area contributed by atoms with Crippen molar-refractivity contribution in [1.82, 2.24) is 9.88 Å². The van der Waals surface area contributed by atoms with Crippen molar-refractivity contribution in [2.24, 2.45) is 5.73 Å². The lowest BCUT2D eigenvalue weighted by atomic mass is 9.98. The number of aromatic nitrogens is 1. The van der Waals surface area contributed by atoms with Gasteiger partial charge >= 0.3 is 6.03 Å². The van der Waals surface area contributed by atoms with Gasteiger partial charge in [-0.1, -0.05) is 18.2 Å². The van der Waals surface area contributed by atoms with E-state index in [1.807, 2.05) is 23.1 Å². The molecule has 3 amide bonds. The Bertz CT molecular complexity index is 967. The van der Waals surface area contributed by atoms with Crippen LogP contribution in [0.4, 0.5) is 10.5 Å². The van der Waals surface area contributed by atoms with Gasteiger partial charge in [-0.3, -0.25) is 4.79 Å². The van der Waals surface area contributed by atoms with E-state index in [0.717, 1.165) is 29.9 Å². The van der Waals surface area contributed by atoms with Crippen LogP contribution in [0.3, 0.4) is 0 Å². The van der Waals surface area contributed by atoms with Crippen molar-refractivity contribution in [2.45, 2.75) is 18.8 Å². The van der Waals surface area contributed by atoms with Gasteiger partial charge < -0.3 is 16.0 Å². The maximum Gasteiger partial charge on any atom is 0.316 e. The summed E-state index contributed by atoms with van der Waals surface area (Å²) in [6.45, 7) is 1.39. The summed E-state index contributed by atoms with van der Waals surface area (Å²) >= 11 is 1.71. The maximum atomic E-state index is 13.0. The number of anilines is 1. The number of nitrogens with zero attached hydrogens (tertiary/aromatic N) is 2. The van der Waals surface area contributed by atoms with E-state index < -0.39 is 6.03 Å². The Balaban J connectivity index is 1.52. The first-order valence-corrected chi connectivity index (χ1v) is 9.73. The lowest BCUT2D eigenvalue weighted by Gasteiger charge is -2.32. The number of urea groups is 1. The number of primary amides is 1. The lowest BCUT2D eigenvalue weighted by molar-refractivity contribution is 0.0707. The number of likely N-dealkylation sites (tertiary alicyclic amines) is 1. The van der Waals surface area contributed by atoms with Gasteiger partial charge in [0.2, 0.25) is 0 Å². The van der Waals surface area contributed by atoms with Gasteiger partial charge in [0.05, 0.1) is 15.2 Å². The molecular weight excluding hydrogens is 360 g/mol. The number of fused-ring (bicyclic) bond motifs is 1. The third-order valence-corrected chi connectivity index (χ3v) is 5.94. The van der Waals surface area contributed by atoms with Crippen molar-refractivity contribution in [2.75, 3.05) is 18.4 Å². The minimum absolute atomic E-state index is 0.0334. The molecule has 27 heavy (non-hydrogen) atoms. The van der Waals surface area contributed by atoms with Gasteiger partial charge in [-0.05, 0) is 43.2 Å². The van der Waals surface area contributed by atoms with E-state index in [1.54, 1.807) is 35.6 Å². The number of thiazole rings is 1. The monoisotopic (exact) mass is 380 g/mol. The predicted molar refractivity (Wildman–Crippen MR) is 107 cm³/mol. The zero-order valence-electron chi connectivity index (χ0n) is 14.7. The molecule has 4 rings (SSSR count). The number of nitrogens with one attached hydrogen (secondary N) is 1. The molecule has 1 aliphatic heterocycles. The van der Waals surface area contributed by atoms with Crippen molar-refractivity contribution >= 4 is 39.2 Å². The Morgan fingerprint density at radius 2 is 2.04 bits per heavy atom. The van der Waals surface area contributed by atoms with E-state index in [2.05, 4.69) is 11.4 Å². The smallest absolute Gasteiger partial charge is 0.316 e. The average Bonchev–Trinajstić information content (AvgIpc) is 3.11. The van der Waals surface area contributed by atoms with Gasteiger partial charge in [0.15, 0.2) is 0 Å². The highest BCUT2D eigenvalue weighted by atomic mass is 32.1. The van der Waals surface area contributed by atoms with E-state index in [-0.39, 0.29) is 11.8 Å². The highest BCUT2D eigenvalue weighted by molar-refractivity contribution is 7.18. The lowest BCUT2D eigenvalue weighted by Crippen LogP contribution is -2.39. The summed E-state index contributed by atoms with van der Waals surface area (Å²) in [5, 5.41) is 3.61. The Labute approximate surface area is 161 Å². The van der Waals surface area contributed by atoms with Gasteiger partial charge in [0.25, 0.3) is 5.91 Å². The first-order valence-electron chi connectivity index (χ1n) is 8.91. The van der Waals surface area contributed by atoms with Crippen LogP contribution in [0.15, 0.2) is 48.5 Å². The SMILES string of the molecule is NC(=O)Nc1cccc(C(=O)N2CCC[C@@H](c3nc4ccccc4s3)C2)c1. The molecule has 6 nitrogen and oxygen atoms in total. The van der Waals surface area contributed by atoms with Crippen molar-refractivity contribution in [3.63, 3.8) is 0 Å². The van der Waals surface area contributed by atoms with Crippen LogP contribution >= 0.6 is 11.3 Å². The molecule has 0 aliphatic carbocycles. The van der Waals surface area contributed by atoms with Crippen LogP contribution in [0.25, 0.3) is 10.2 Å². The standard InChI is InChI=1S/C20H20N4O2S/c21-20(26)22-15-7-3-5-13(11-15)19(25)24-10-4-6-14(12-24)18-23-16-8-1-2-9-17(16)27-18/h1-3,5,7-9,11,14H,4,6,10,12H2,(H3,21,22,26)/t14-/m1/s1. The fourth-order valence-corrected chi connectivity index (χ4v) is 4.58. The molecule has 0 spiro atoms. The number of para-hydroxylation sites is 1. The molecule has 3 aromatic rings. The number of benzene rings is 2.